The monoisotopic (exact) mass is 224 g/mol. The van der Waals surface area contributed by atoms with E-state index < -0.39 is 5.72 Å². The van der Waals surface area contributed by atoms with E-state index in [9.17, 15) is 5.11 Å². The molecule has 0 saturated carbocycles. The Balaban J connectivity index is 2.04. The molecule has 0 radical (unpaired) electrons. The van der Waals surface area contributed by atoms with Crippen LogP contribution < -0.4 is 5.32 Å². The topological polar surface area (TPSA) is 45.2 Å². The Morgan fingerprint density at radius 2 is 1.88 bits per heavy atom. The number of pyridine rings is 1. The molecule has 1 aromatic carbocycles. The highest BCUT2D eigenvalue weighted by molar-refractivity contribution is 5.69. The zero-order valence-electron chi connectivity index (χ0n) is 9.17. The molecule has 2 heterocycles. The Hall–Kier alpha value is -2.13. The summed E-state index contributed by atoms with van der Waals surface area (Å²) in [5, 5.41) is 13.6. The first-order valence-electron chi connectivity index (χ1n) is 5.48. The maximum atomic E-state index is 10.6. The molecule has 17 heavy (non-hydrogen) atoms. The molecular formula is C14H12N2O. The van der Waals surface area contributed by atoms with Gasteiger partial charge in [-0.15, -0.1) is 0 Å². The van der Waals surface area contributed by atoms with Crippen molar-refractivity contribution >= 4 is 11.9 Å². The maximum absolute atomic E-state index is 10.6. The van der Waals surface area contributed by atoms with E-state index in [2.05, 4.69) is 10.3 Å². The second-order valence-electron chi connectivity index (χ2n) is 4.03. The highest BCUT2D eigenvalue weighted by Crippen LogP contribution is 2.31. The van der Waals surface area contributed by atoms with Crippen molar-refractivity contribution < 1.29 is 5.11 Å². The molecule has 3 heteroatoms. The molecule has 1 unspecified atom stereocenters. The zero-order chi connectivity index (χ0) is 11.7. The van der Waals surface area contributed by atoms with Crippen LogP contribution in [0.1, 0.15) is 11.1 Å². The molecule has 3 rings (SSSR count). The van der Waals surface area contributed by atoms with Crippen LogP contribution in [0.25, 0.3) is 6.08 Å². The van der Waals surface area contributed by atoms with Crippen LogP contribution in [0.4, 0.5) is 5.82 Å². The van der Waals surface area contributed by atoms with Crippen LogP contribution in [0.2, 0.25) is 0 Å². The summed E-state index contributed by atoms with van der Waals surface area (Å²) < 4.78 is 0. The number of aliphatic hydroxyl groups is 1. The lowest BCUT2D eigenvalue weighted by Crippen LogP contribution is -2.35. The van der Waals surface area contributed by atoms with Gasteiger partial charge < -0.3 is 10.4 Å². The van der Waals surface area contributed by atoms with Gasteiger partial charge in [-0.3, -0.25) is 0 Å². The predicted octanol–water partition coefficient (Wildman–Crippen LogP) is 2.37. The van der Waals surface area contributed by atoms with Gasteiger partial charge in [-0.2, -0.15) is 0 Å². The Morgan fingerprint density at radius 3 is 2.71 bits per heavy atom. The van der Waals surface area contributed by atoms with Gasteiger partial charge in [0.25, 0.3) is 0 Å². The van der Waals surface area contributed by atoms with Gasteiger partial charge in [0.1, 0.15) is 5.82 Å². The van der Waals surface area contributed by atoms with E-state index in [4.69, 9.17) is 0 Å². The Bertz CT molecular complexity index is 565. The number of hydrogen-bond acceptors (Lipinski definition) is 3. The van der Waals surface area contributed by atoms with Crippen molar-refractivity contribution in [1.29, 1.82) is 0 Å². The third-order valence-corrected chi connectivity index (χ3v) is 2.87. The first-order chi connectivity index (χ1) is 8.28. The summed E-state index contributed by atoms with van der Waals surface area (Å²) in [5.74, 6) is 0.696. The highest BCUT2D eigenvalue weighted by Gasteiger charge is 2.29. The minimum absolute atomic E-state index is 0.696. The van der Waals surface area contributed by atoms with E-state index >= 15 is 0 Å². The molecule has 1 atom stereocenters. The summed E-state index contributed by atoms with van der Waals surface area (Å²) in [4.78, 5) is 4.22. The van der Waals surface area contributed by atoms with Crippen molar-refractivity contribution in [3.63, 3.8) is 0 Å². The number of aromatic nitrogens is 1. The first kappa shape index (κ1) is 10.1. The molecule has 2 N–H and O–H groups in total. The standard InChI is InChI=1S/C14H12N2O/c17-14(12-6-2-1-3-7-12)9-8-11-5-4-10-15-13(11)16-14/h1-10,17H,(H,15,16). The fourth-order valence-corrected chi connectivity index (χ4v) is 1.95. The SMILES string of the molecule is OC1(c2ccccc2)C=Cc2cccnc2N1. The second-order valence-corrected chi connectivity index (χ2v) is 4.03. The highest BCUT2D eigenvalue weighted by atomic mass is 16.3. The molecule has 1 aliphatic heterocycles. The summed E-state index contributed by atoms with van der Waals surface area (Å²) >= 11 is 0. The van der Waals surface area contributed by atoms with Crippen LogP contribution in [0.3, 0.4) is 0 Å². The van der Waals surface area contributed by atoms with Gasteiger partial charge in [-0.1, -0.05) is 36.4 Å². The number of nitrogens with one attached hydrogen (secondary N) is 1. The lowest BCUT2D eigenvalue weighted by atomic mass is 9.98. The molecular weight excluding hydrogens is 212 g/mol. The van der Waals surface area contributed by atoms with Crippen LogP contribution in [0.15, 0.2) is 54.7 Å². The van der Waals surface area contributed by atoms with Gasteiger partial charge >= 0.3 is 0 Å². The van der Waals surface area contributed by atoms with Crippen LogP contribution >= 0.6 is 0 Å². The van der Waals surface area contributed by atoms with Crippen molar-refractivity contribution in [2.75, 3.05) is 5.32 Å². The summed E-state index contributed by atoms with van der Waals surface area (Å²) in [7, 11) is 0. The summed E-state index contributed by atoms with van der Waals surface area (Å²) in [6.07, 6.45) is 5.33. The van der Waals surface area contributed by atoms with Crippen LogP contribution in [-0.4, -0.2) is 10.1 Å². The number of fused-ring (bicyclic) bond motifs is 1. The number of anilines is 1. The van der Waals surface area contributed by atoms with Crippen LogP contribution in [0, 0.1) is 0 Å². The van der Waals surface area contributed by atoms with E-state index in [1.807, 2.05) is 48.5 Å². The fourth-order valence-electron chi connectivity index (χ4n) is 1.95. The molecule has 1 aromatic heterocycles. The van der Waals surface area contributed by atoms with Gasteiger partial charge in [0.2, 0.25) is 0 Å². The third-order valence-electron chi connectivity index (χ3n) is 2.87. The molecule has 3 nitrogen and oxygen atoms in total. The molecule has 0 spiro atoms. The van der Waals surface area contributed by atoms with Crippen molar-refractivity contribution in [2.24, 2.45) is 0 Å². The molecule has 0 saturated heterocycles. The van der Waals surface area contributed by atoms with Gasteiger partial charge in [0.05, 0.1) is 0 Å². The molecule has 0 amide bonds. The van der Waals surface area contributed by atoms with Gasteiger partial charge in [-0.05, 0) is 18.2 Å². The first-order valence-corrected chi connectivity index (χ1v) is 5.48. The van der Waals surface area contributed by atoms with E-state index in [-0.39, 0.29) is 0 Å². The quantitative estimate of drug-likeness (QED) is 0.781. The average molecular weight is 224 g/mol. The van der Waals surface area contributed by atoms with E-state index in [1.165, 1.54) is 0 Å². The molecule has 1 aliphatic rings. The predicted molar refractivity (Wildman–Crippen MR) is 67.2 cm³/mol. The van der Waals surface area contributed by atoms with Crippen molar-refractivity contribution in [3.8, 4) is 0 Å². The molecule has 84 valence electrons. The molecule has 0 bridgehead atoms. The minimum Gasteiger partial charge on any atom is -0.364 e. The molecule has 0 aliphatic carbocycles. The van der Waals surface area contributed by atoms with Crippen molar-refractivity contribution in [1.82, 2.24) is 4.98 Å². The van der Waals surface area contributed by atoms with E-state index in [0.29, 0.717) is 5.82 Å². The number of rotatable bonds is 1. The maximum Gasteiger partial charge on any atom is 0.183 e. The number of benzene rings is 1. The smallest absolute Gasteiger partial charge is 0.183 e. The van der Waals surface area contributed by atoms with Crippen molar-refractivity contribution in [2.45, 2.75) is 5.72 Å². The number of hydrogen-bond donors (Lipinski definition) is 2. The lowest BCUT2D eigenvalue weighted by Gasteiger charge is -2.30. The Labute approximate surface area is 99.5 Å². The van der Waals surface area contributed by atoms with Crippen LogP contribution in [-0.2, 0) is 5.72 Å². The minimum atomic E-state index is -1.18. The largest absolute Gasteiger partial charge is 0.364 e. The van der Waals surface area contributed by atoms with E-state index in [1.54, 1.807) is 12.3 Å². The zero-order valence-corrected chi connectivity index (χ0v) is 9.17. The summed E-state index contributed by atoms with van der Waals surface area (Å²) in [6.45, 7) is 0. The normalized spacial score (nSPS) is 21.7. The van der Waals surface area contributed by atoms with E-state index in [0.717, 1.165) is 11.1 Å². The Morgan fingerprint density at radius 1 is 1.06 bits per heavy atom. The summed E-state index contributed by atoms with van der Waals surface area (Å²) in [6, 6.07) is 13.3. The fraction of sp³-hybridized carbons (Fsp3) is 0.0714. The van der Waals surface area contributed by atoms with Gasteiger partial charge in [0.15, 0.2) is 5.72 Å². The lowest BCUT2D eigenvalue weighted by molar-refractivity contribution is 0.120. The van der Waals surface area contributed by atoms with Gasteiger partial charge in [-0.25, -0.2) is 4.98 Å². The third kappa shape index (κ3) is 1.70. The van der Waals surface area contributed by atoms with Crippen LogP contribution in [0.5, 0.6) is 0 Å². The Kier molecular flexibility index (Phi) is 2.20. The molecule has 2 aromatic rings. The van der Waals surface area contributed by atoms with Gasteiger partial charge in [0, 0.05) is 17.3 Å². The van der Waals surface area contributed by atoms with Crippen molar-refractivity contribution in [3.05, 3.63) is 65.9 Å². The molecule has 0 fully saturated rings. The number of nitrogens with zero attached hydrogens (tertiary/aromatic N) is 1. The average Bonchev–Trinajstić information content (AvgIpc) is 2.40. The summed E-state index contributed by atoms with van der Waals surface area (Å²) in [5.41, 5.74) is 0.600. The second kappa shape index (κ2) is 3.71.